The van der Waals surface area contributed by atoms with E-state index in [0.717, 1.165) is 0 Å². The summed E-state index contributed by atoms with van der Waals surface area (Å²) in [6.45, 7) is 1.67. The van der Waals surface area contributed by atoms with Crippen LogP contribution in [0.3, 0.4) is 0 Å². The van der Waals surface area contributed by atoms with Gasteiger partial charge < -0.3 is 9.84 Å². The minimum Gasteiger partial charge on any atom is -0.478 e. The number of terminal acetylenes is 1. The molecule has 0 saturated heterocycles. The van der Waals surface area contributed by atoms with Gasteiger partial charge in [-0.25, -0.2) is 4.79 Å². The molecule has 78 valence electrons. The highest BCUT2D eigenvalue weighted by Crippen LogP contribution is 2.27. The van der Waals surface area contributed by atoms with Crippen LogP contribution in [-0.2, 0) is 0 Å². The monoisotopic (exact) mass is 268 g/mol. The topological polar surface area (TPSA) is 46.5 Å². The van der Waals surface area contributed by atoms with Gasteiger partial charge >= 0.3 is 5.97 Å². The van der Waals surface area contributed by atoms with Crippen molar-refractivity contribution in [1.29, 1.82) is 0 Å². The Bertz CT molecular complexity index is 420. The zero-order chi connectivity index (χ0) is 11.4. The number of rotatable bonds is 3. The number of benzene rings is 1. The van der Waals surface area contributed by atoms with Crippen LogP contribution in [0, 0.1) is 12.3 Å². The summed E-state index contributed by atoms with van der Waals surface area (Å²) >= 11 is 3.15. The van der Waals surface area contributed by atoms with Gasteiger partial charge in [0.15, 0.2) is 6.10 Å². The van der Waals surface area contributed by atoms with Crippen LogP contribution in [-0.4, -0.2) is 17.2 Å². The molecule has 1 aromatic rings. The molecule has 1 N–H and O–H groups in total. The van der Waals surface area contributed by atoms with E-state index in [2.05, 4.69) is 21.9 Å². The molecule has 0 bridgehead atoms. The highest BCUT2D eigenvalue weighted by molar-refractivity contribution is 9.10. The second kappa shape index (κ2) is 4.85. The molecule has 15 heavy (non-hydrogen) atoms. The highest BCUT2D eigenvalue weighted by Gasteiger charge is 2.16. The number of carboxylic acids is 1. The third-order valence-electron chi connectivity index (χ3n) is 1.73. The minimum absolute atomic E-state index is 0.0830. The fourth-order valence-electron chi connectivity index (χ4n) is 1.03. The van der Waals surface area contributed by atoms with E-state index in [-0.39, 0.29) is 11.3 Å². The summed E-state index contributed by atoms with van der Waals surface area (Å²) in [6, 6.07) is 4.90. The molecule has 0 aliphatic heterocycles. The molecule has 0 aromatic heterocycles. The highest BCUT2D eigenvalue weighted by atomic mass is 79.9. The van der Waals surface area contributed by atoms with Crippen LogP contribution in [0.25, 0.3) is 0 Å². The number of aromatic carboxylic acids is 1. The average molecular weight is 269 g/mol. The zero-order valence-electron chi connectivity index (χ0n) is 8.03. The lowest BCUT2D eigenvalue weighted by molar-refractivity contribution is 0.0690. The van der Waals surface area contributed by atoms with E-state index >= 15 is 0 Å². The molecule has 0 spiro atoms. The summed E-state index contributed by atoms with van der Waals surface area (Å²) in [7, 11) is 0. The van der Waals surface area contributed by atoms with E-state index in [0.29, 0.717) is 4.47 Å². The van der Waals surface area contributed by atoms with Gasteiger partial charge in [-0.15, -0.1) is 6.42 Å². The fourth-order valence-corrected chi connectivity index (χ4v) is 1.55. The van der Waals surface area contributed by atoms with Crippen molar-refractivity contribution in [2.75, 3.05) is 0 Å². The van der Waals surface area contributed by atoms with E-state index in [4.69, 9.17) is 16.3 Å². The lowest BCUT2D eigenvalue weighted by atomic mass is 10.2. The van der Waals surface area contributed by atoms with Crippen LogP contribution in [0.5, 0.6) is 5.75 Å². The Labute approximate surface area is 96.2 Å². The predicted molar refractivity (Wildman–Crippen MR) is 60.0 cm³/mol. The van der Waals surface area contributed by atoms with Crippen molar-refractivity contribution >= 4 is 21.9 Å². The molecule has 0 radical (unpaired) electrons. The molecule has 1 rings (SSSR count). The molecule has 0 saturated carbocycles. The van der Waals surface area contributed by atoms with E-state index in [1.807, 2.05) is 0 Å². The summed E-state index contributed by atoms with van der Waals surface area (Å²) in [5.41, 5.74) is 0.0830. The number of carbonyl (C=O) groups is 1. The average Bonchev–Trinajstić information content (AvgIpc) is 2.17. The van der Waals surface area contributed by atoms with Gasteiger partial charge in [-0.2, -0.15) is 0 Å². The first kappa shape index (κ1) is 11.6. The van der Waals surface area contributed by atoms with E-state index in [1.54, 1.807) is 25.1 Å². The molecular formula is C11H9BrO3. The first-order valence-corrected chi connectivity index (χ1v) is 5.00. The molecule has 0 aliphatic carbocycles. The fraction of sp³-hybridized carbons (Fsp3) is 0.182. The van der Waals surface area contributed by atoms with Crippen molar-refractivity contribution in [3.63, 3.8) is 0 Å². The molecule has 1 atom stereocenters. The molecule has 0 fully saturated rings. The van der Waals surface area contributed by atoms with Crippen LogP contribution in [0.15, 0.2) is 22.7 Å². The Kier molecular flexibility index (Phi) is 3.75. The van der Waals surface area contributed by atoms with Crippen molar-refractivity contribution < 1.29 is 14.6 Å². The Morgan fingerprint density at radius 2 is 2.33 bits per heavy atom. The summed E-state index contributed by atoms with van der Waals surface area (Å²) < 4.78 is 5.76. The lowest BCUT2D eigenvalue weighted by Gasteiger charge is -2.12. The number of halogens is 1. The molecule has 1 aromatic carbocycles. The third-order valence-corrected chi connectivity index (χ3v) is 2.39. The summed E-state index contributed by atoms with van der Waals surface area (Å²) in [5, 5.41) is 8.97. The predicted octanol–water partition coefficient (Wildman–Crippen LogP) is 2.55. The Hall–Kier alpha value is -1.47. The zero-order valence-corrected chi connectivity index (χ0v) is 9.61. The SMILES string of the molecule is C#CC(C)Oc1cccc(Br)c1C(=O)O. The molecule has 1 unspecified atom stereocenters. The van der Waals surface area contributed by atoms with Crippen LogP contribution < -0.4 is 4.74 Å². The smallest absolute Gasteiger partial charge is 0.340 e. The standard InChI is InChI=1S/C11H9BrO3/c1-3-7(2)15-9-6-4-5-8(12)10(9)11(13)14/h1,4-7H,2H3,(H,13,14). The van der Waals surface area contributed by atoms with E-state index < -0.39 is 12.1 Å². The molecule has 0 heterocycles. The van der Waals surface area contributed by atoms with Gasteiger partial charge in [-0.05, 0) is 35.0 Å². The van der Waals surface area contributed by atoms with Crippen molar-refractivity contribution in [3.8, 4) is 18.1 Å². The quantitative estimate of drug-likeness (QED) is 0.858. The Balaban J connectivity index is 3.13. The second-order valence-electron chi connectivity index (χ2n) is 2.84. The summed E-state index contributed by atoms with van der Waals surface area (Å²) in [4.78, 5) is 11.0. The van der Waals surface area contributed by atoms with Crippen molar-refractivity contribution in [1.82, 2.24) is 0 Å². The van der Waals surface area contributed by atoms with Gasteiger partial charge in [0.2, 0.25) is 0 Å². The number of hydrogen-bond donors (Lipinski definition) is 1. The molecule has 0 aliphatic rings. The lowest BCUT2D eigenvalue weighted by Crippen LogP contribution is -2.11. The maximum Gasteiger partial charge on any atom is 0.340 e. The van der Waals surface area contributed by atoms with Crippen molar-refractivity contribution in [2.45, 2.75) is 13.0 Å². The van der Waals surface area contributed by atoms with Crippen LogP contribution in [0.1, 0.15) is 17.3 Å². The molecule has 4 heteroatoms. The van der Waals surface area contributed by atoms with Crippen molar-refractivity contribution in [2.24, 2.45) is 0 Å². The first-order valence-electron chi connectivity index (χ1n) is 4.21. The van der Waals surface area contributed by atoms with Crippen molar-refractivity contribution in [3.05, 3.63) is 28.2 Å². The van der Waals surface area contributed by atoms with Gasteiger partial charge in [0.05, 0.1) is 0 Å². The normalized spacial score (nSPS) is 11.5. The first-order chi connectivity index (χ1) is 7.06. The minimum atomic E-state index is -1.05. The van der Waals surface area contributed by atoms with E-state index in [1.165, 1.54) is 0 Å². The largest absolute Gasteiger partial charge is 0.478 e. The number of ether oxygens (including phenoxy) is 1. The molecule has 0 amide bonds. The molecule has 3 nitrogen and oxygen atoms in total. The van der Waals surface area contributed by atoms with E-state index in [9.17, 15) is 4.79 Å². The maximum absolute atomic E-state index is 11.0. The second-order valence-corrected chi connectivity index (χ2v) is 3.70. The van der Waals surface area contributed by atoms with Gasteiger partial charge in [0.25, 0.3) is 0 Å². The number of carboxylic acid groups (broad SMARTS) is 1. The van der Waals surface area contributed by atoms with Gasteiger partial charge in [-0.3, -0.25) is 0 Å². The Morgan fingerprint density at radius 1 is 1.67 bits per heavy atom. The molecular weight excluding hydrogens is 260 g/mol. The van der Waals surface area contributed by atoms with Crippen LogP contribution in [0.4, 0.5) is 0 Å². The maximum atomic E-state index is 11.0. The third kappa shape index (κ3) is 2.74. The summed E-state index contributed by atoms with van der Waals surface area (Å²) in [6.07, 6.45) is 4.69. The Morgan fingerprint density at radius 3 is 2.87 bits per heavy atom. The van der Waals surface area contributed by atoms with Gasteiger partial charge in [0, 0.05) is 4.47 Å². The number of hydrogen-bond acceptors (Lipinski definition) is 2. The van der Waals surface area contributed by atoms with Gasteiger partial charge in [0.1, 0.15) is 11.3 Å². The summed E-state index contributed by atoms with van der Waals surface area (Å²) in [5.74, 6) is 1.58. The van der Waals surface area contributed by atoms with Gasteiger partial charge in [-0.1, -0.05) is 12.0 Å². The van der Waals surface area contributed by atoms with Crippen LogP contribution in [0.2, 0.25) is 0 Å². The van der Waals surface area contributed by atoms with Crippen LogP contribution >= 0.6 is 15.9 Å².